The number of piperidine rings is 1. The number of benzene rings is 2. The van der Waals surface area contributed by atoms with Gasteiger partial charge in [0.1, 0.15) is 28.6 Å². The molecule has 0 radical (unpaired) electrons. The van der Waals surface area contributed by atoms with Gasteiger partial charge in [0.15, 0.2) is 5.82 Å². The van der Waals surface area contributed by atoms with E-state index in [2.05, 4.69) is 32.7 Å². The van der Waals surface area contributed by atoms with Crippen LogP contribution in [0.25, 0.3) is 32.9 Å². The molecule has 3 saturated heterocycles. The van der Waals surface area contributed by atoms with E-state index in [0.717, 1.165) is 45.1 Å². The van der Waals surface area contributed by atoms with Crippen molar-refractivity contribution in [3.63, 3.8) is 0 Å². The molecule has 1 aliphatic carbocycles. The molecule has 8 nitrogen and oxygen atoms in total. The average molecular weight is 598 g/mol. The van der Waals surface area contributed by atoms with Crippen LogP contribution in [0.15, 0.2) is 30.5 Å². The van der Waals surface area contributed by atoms with E-state index in [1.807, 2.05) is 0 Å². The van der Waals surface area contributed by atoms with Gasteiger partial charge in [0.25, 0.3) is 0 Å². The zero-order valence-electron chi connectivity index (χ0n) is 24.5. The first kappa shape index (κ1) is 27.5. The van der Waals surface area contributed by atoms with Crippen molar-refractivity contribution in [1.29, 1.82) is 0 Å². The van der Waals surface area contributed by atoms with E-state index >= 15 is 4.39 Å². The third kappa shape index (κ3) is 4.20. The molecule has 0 spiro atoms. The molecule has 0 amide bonds. The molecular weight excluding hydrogens is 564 g/mol. The van der Waals surface area contributed by atoms with Gasteiger partial charge in [-0.05, 0) is 69.3 Å². The first-order valence-electron chi connectivity index (χ1n) is 15.3. The van der Waals surface area contributed by atoms with Gasteiger partial charge in [0.05, 0.1) is 36.3 Å². The molecule has 2 aromatic heterocycles. The van der Waals surface area contributed by atoms with Crippen LogP contribution in [0.1, 0.15) is 44.1 Å². The Balaban J connectivity index is 1.27. The predicted octanol–water partition coefficient (Wildman–Crippen LogP) is 5.43. The Kier molecular flexibility index (Phi) is 6.40. The van der Waals surface area contributed by atoms with Crippen molar-refractivity contribution in [2.24, 2.45) is 5.41 Å². The molecule has 2 aromatic carbocycles. The number of phenols is 1. The number of phenolic OH excluding ortho intramolecular Hbond substituents is 1. The highest BCUT2D eigenvalue weighted by molar-refractivity contribution is 6.03. The monoisotopic (exact) mass is 597 g/mol. The highest BCUT2D eigenvalue weighted by Crippen LogP contribution is 2.48. The molecule has 4 aliphatic rings. The molecule has 10 heteroatoms. The minimum atomic E-state index is -0.718. The number of rotatable bonds is 5. The van der Waals surface area contributed by atoms with Gasteiger partial charge in [-0.3, -0.25) is 4.98 Å². The molecule has 4 fully saturated rings. The van der Waals surface area contributed by atoms with Gasteiger partial charge in [0.2, 0.25) is 0 Å². The number of aromatic hydroxyl groups is 1. The molecule has 0 unspecified atom stereocenters. The van der Waals surface area contributed by atoms with E-state index in [1.54, 1.807) is 6.20 Å². The highest BCUT2D eigenvalue weighted by atomic mass is 19.1. The van der Waals surface area contributed by atoms with Crippen molar-refractivity contribution >= 4 is 27.5 Å². The summed E-state index contributed by atoms with van der Waals surface area (Å²) in [5.74, 6) is 1.51. The zero-order chi connectivity index (χ0) is 30.2. The van der Waals surface area contributed by atoms with Crippen molar-refractivity contribution in [2.45, 2.75) is 56.7 Å². The molecule has 1 saturated carbocycles. The van der Waals surface area contributed by atoms with Crippen molar-refractivity contribution in [1.82, 2.24) is 19.9 Å². The molecule has 44 heavy (non-hydrogen) atoms. The molecule has 3 aliphatic heterocycles. The zero-order valence-corrected chi connectivity index (χ0v) is 24.5. The van der Waals surface area contributed by atoms with Gasteiger partial charge in [0, 0.05) is 35.1 Å². The van der Waals surface area contributed by atoms with Crippen molar-refractivity contribution in [3.8, 4) is 35.4 Å². The van der Waals surface area contributed by atoms with Crippen LogP contribution in [0, 0.1) is 29.4 Å². The Morgan fingerprint density at radius 3 is 2.86 bits per heavy atom. The number of anilines is 1. The number of nitrogens with zero attached hydrogens (tertiary/aromatic N) is 5. The van der Waals surface area contributed by atoms with Crippen LogP contribution in [0.3, 0.4) is 0 Å². The lowest BCUT2D eigenvalue weighted by Crippen LogP contribution is -2.50. The number of pyridine rings is 1. The maximum atomic E-state index is 16.8. The fourth-order valence-electron chi connectivity index (χ4n) is 8.29. The molecule has 226 valence electrons. The Morgan fingerprint density at radius 1 is 1.20 bits per heavy atom. The Hall–Kier alpha value is -4.07. The lowest BCUT2D eigenvalue weighted by atomic mass is 9.76. The third-order valence-electron chi connectivity index (χ3n) is 10.3. The van der Waals surface area contributed by atoms with Crippen LogP contribution in [0.2, 0.25) is 0 Å². The lowest BCUT2D eigenvalue weighted by Gasteiger charge is -2.44. The number of hydrogen-bond acceptors (Lipinski definition) is 8. The summed E-state index contributed by atoms with van der Waals surface area (Å²) in [5, 5.41) is 11.7. The number of terminal acetylenes is 1. The van der Waals surface area contributed by atoms with E-state index in [1.165, 1.54) is 24.3 Å². The normalized spacial score (nSPS) is 26.4. The topological polar surface area (TPSA) is 83.8 Å². The number of ether oxygens (including phenoxy) is 2. The van der Waals surface area contributed by atoms with E-state index in [-0.39, 0.29) is 51.7 Å². The maximum absolute atomic E-state index is 16.8. The Labute approximate surface area is 254 Å². The maximum Gasteiger partial charge on any atom is 0.319 e. The van der Waals surface area contributed by atoms with Gasteiger partial charge in [-0.25, -0.2) is 8.78 Å². The number of fused-ring (bicyclic) bond motifs is 5. The largest absolute Gasteiger partial charge is 0.508 e. The molecule has 2 bridgehead atoms. The van der Waals surface area contributed by atoms with Crippen molar-refractivity contribution < 1.29 is 23.4 Å². The summed E-state index contributed by atoms with van der Waals surface area (Å²) in [4.78, 5) is 18.6. The predicted molar refractivity (Wildman–Crippen MR) is 163 cm³/mol. The minimum Gasteiger partial charge on any atom is -0.508 e. The average Bonchev–Trinajstić information content (AvgIpc) is 3.77. The lowest BCUT2D eigenvalue weighted by molar-refractivity contribution is 0.0133. The number of morpholine rings is 1. The van der Waals surface area contributed by atoms with Gasteiger partial charge in [-0.15, -0.1) is 6.42 Å². The van der Waals surface area contributed by atoms with Gasteiger partial charge >= 0.3 is 6.01 Å². The molecule has 4 aromatic rings. The molecule has 5 heterocycles. The van der Waals surface area contributed by atoms with Crippen LogP contribution in [-0.4, -0.2) is 76.5 Å². The quantitative estimate of drug-likeness (QED) is 0.305. The number of halogens is 2. The second kappa shape index (κ2) is 10.2. The number of aromatic nitrogens is 3. The van der Waals surface area contributed by atoms with Gasteiger partial charge in [-0.1, -0.05) is 18.4 Å². The summed E-state index contributed by atoms with van der Waals surface area (Å²) in [6.45, 7) is 2.76. The Morgan fingerprint density at radius 2 is 2.07 bits per heavy atom. The van der Waals surface area contributed by atoms with E-state index in [0.29, 0.717) is 47.8 Å². The second-order valence-corrected chi connectivity index (χ2v) is 12.8. The van der Waals surface area contributed by atoms with E-state index < -0.39 is 11.6 Å². The van der Waals surface area contributed by atoms with Crippen LogP contribution in [-0.2, 0) is 4.74 Å². The fraction of sp³-hybridized carbons (Fsp3) is 0.441. The Bertz CT molecular complexity index is 1860. The second-order valence-electron chi connectivity index (χ2n) is 12.8. The highest BCUT2D eigenvalue weighted by Gasteiger charge is 2.47. The summed E-state index contributed by atoms with van der Waals surface area (Å²) >= 11 is 0. The fourth-order valence-corrected chi connectivity index (χ4v) is 8.29. The van der Waals surface area contributed by atoms with Crippen molar-refractivity contribution in [3.05, 3.63) is 47.7 Å². The van der Waals surface area contributed by atoms with Crippen LogP contribution in [0.5, 0.6) is 11.8 Å². The smallest absolute Gasteiger partial charge is 0.319 e. The first-order valence-corrected chi connectivity index (χ1v) is 15.3. The van der Waals surface area contributed by atoms with E-state index in [9.17, 15) is 9.50 Å². The standard InChI is InChI=1S/C34H33F2N5O3/c1-3-23-26(35)8-7-19-12-21(42)14-24(28(19)23)30-29(36)31-25(15-37-30)32(41-16-22-13-20(41)17-43-22)39-33(38-31)44-18-34-9-4-6-27(34)40(2)11-5-10-34/h1,7-8,12,14-15,20,22,27,42H,4-6,9-11,13,16-18H2,2H3/t20-,22-,27+,34+/m0/s1. The molecular formula is C34H33F2N5O3. The summed E-state index contributed by atoms with van der Waals surface area (Å²) in [7, 11) is 2.19. The number of hydrogen-bond donors (Lipinski definition) is 1. The van der Waals surface area contributed by atoms with Gasteiger partial charge in [-0.2, -0.15) is 9.97 Å². The van der Waals surface area contributed by atoms with Crippen LogP contribution < -0.4 is 9.64 Å². The third-order valence-corrected chi connectivity index (χ3v) is 10.3. The SMILES string of the molecule is C#Cc1c(F)ccc2cc(O)cc(-c3ncc4c(N5C[C@@H]6C[C@H]5CO6)nc(OC[C@]56CCC[C@H]5N(C)CCC6)nc4c3F)c12. The first-order chi connectivity index (χ1) is 21.3. The van der Waals surface area contributed by atoms with Crippen LogP contribution in [0.4, 0.5) is 14.6 Å². The van der Waals surface area contributed by atoms with Crippen LogP contribution >= 0.6 is 0 Å². The summed E-state index contributed by atoms with van der Waals surface area (Å²) in [6.07, 6.45) is 13.8. The molecule has 4 atom stereocenters. The van der Waals surface area contributed by atoms with Gasteiger partial charge < -0.3 is 24.4 Å². The number of likely N-dealkylation sites (tertiary alicyclic amines) is 1. The summed E-state index contributed by atoms with van der Waals surface area (Å²) in [6, 6.07) is 6.25. The molecule has 8 rings (SSSR count). The summed E-state index contributed by atoms with van der Waals surface area (Å²) < 4.78 is 43.8. The van der Waals surface area contributed by atoms with Crippen molar-refractivity contribution in [2.75, 3.05) is 38.3 Å². The molecule has 1 N–H and O–H groups in total. The minimum absolute atomic E-state index is 0.0180. The summed E-state index contributed by atoms with van der Waals surface area (Å²) in [5.41, 5.74) is 0.133. The van der Waals surface area contributed by atoms with E-state index in [4.69, 9.17) is 20.9 Å².